The van der Waals surface area contributed by atoms with Crippen molar-refractivity contribution >= 4 is 21.7 Å². The maximum absolute atomic E-state index is 3.97. The van der Waals surface area contributed by atoms with Crippen molar-refractivity contribution < 1.29 is 0 Å². The molecule has 3 heteroatoms. The highest BCUT2D eigenvalue weighted by molar-refractivity contribution is 5.95. The lowest BCUT2D eigenvalue weighted by Gasteiger charge is -1.98. The van der Waals surface area contributed by atoms with Gasteiger partial charge in [-0.3, -0.25) is 0 Å². The normalized spacial score (nSPS) is 10.9. The van der Waals surface area contributed by atoms with E-state index >= 15 is 0 Å². The van der Waals surface area contributed by atoms with Gasteiger partial charge >= 0.3 is 0 Å². The van der Waals surface area contributed by atoms with E-state index in [2.05, 4.69) is 33.6 Å². The number of nitrogens with zero attached hydrogens (tertiary/aromatic N) is 3. The maximum atomic E-state index is 3.97. The van der Waals surface area contributed by atoms with Gasteiger partial charge in [-0.2, -0.15) is 0 Å². The van der Waals surface area contributed by atoms with Gasteiger partial charge in [0.1, 0.15) is 0 Å². The summed E-state index contributed by atoms with van der Waals surface area (Å²) in [5, 5.41) is 14.8. The predicted molar refractivity (Wildman–Crippen MR) is 54.8 cm³/mol. The molecule has 0 aliphatic carbocycles. The van der Waals surface area contributed by atoms with Crippen LogP contribution in [0.1, 0.15) is 0 Å². The number of fused-ring (bicyclic) bond motifs is 2. The second kappa shape index (κ2) is 2.73. The van der Waals surface area contributed by atoms with Gasteiger partial charge in [-0.15, -0.1) is 10.2 Å². The van der Waals surface area contributed by atoms with Crippen molar-refractivity contribution in [3.63, 3.8) is 0 Å². The highest BCUT2D eigenvalue weighted by atomic mass is 15.3. The van der Waals surface area contributed by atoms with Crippen LogP contribution in [-0.4, -0.2) is 15.4 Å². The number of aromatic nitrogens is 3. The SMILES string of the molecule is c1ccc2cc3nnncc3cc2c1. The van der Waals surface area contributed by atoms with Crippen LogP contribution in [0.25, 0.3) is 21.7 Å². The summed E-state index contributed by atoms with van der Waals surface area (Å²) >= 11 is 0. The first kappa shape index (κ1) is 7.38. The number of rotatable bonds is 0. The molecule has 1 aromatic heterocycles. The Morgan fingerprint density at radius 1 is 0.857 bits per heavy atom. The Hall–Kier alpha value is -2.03. The van der Waals surface area contributed by atoms with Gasteiger partial charge in [-0.25, -0.2) is 0 Å². The van der Waals surface area contributed by atoms with Crippen LogP contribution in [0, 0.1) is 0 Å². The molecular weight excluding hydrogens is 174 g/mol. The smallest absolute Gasteiger partial charge is 0.0969 e. The van der Waals surface area contributed by atoms with Crippen LogP contribution >= 0.6 is 0 Å². The minimum Gasteiger partial charge on any atom is -0.138 e. The van der Waals surface area contributed by atoms with Gasteiger partial charge in [0.25, 0.3) is 0 Å². The molecule has 0 radical (unpaired) electrons. The molecule has 1 heterocycles. The zero-order chi connectivity index (χ0) is 9.38. The Kier molecular flexibility index (Phi) is 1.44. The molecule has 66 valence electrons. The third kappa shape index (κ3) is 1.03. The maximum Gasteiger partial charge on any atom is 0.0969 e. The average Bonchev–Trinajstić information content (AvgIpc) is 2.26. The molecular formula is C11H7N3. The van der Waals surface area contributed by atoms with E-state index in [0.29, 0.717) is 0 Å². The van der Waals surface area contributed by atoms with Crippen LogP contribution in [0.5, 0.6) is 0 Å². The summed E-state index contributed by atoms with van der Waals surface area (Å²) in [7, 11) is 0. The molecule has 3 nitrogen and oxygen atoms in total. The molecule has 0 fully saturated rings. The van der Waals surface area contributed by atoms with Crippen molar-refractivity contribution in [2.24, 2.45) is 0 Å². The van der Waals surface area contributed by atoms with Crippen LogP contribution in [0.4, 0.5) is 0 Å². The summed E-state index contributed by atoms with van der Waals surface area (Å²) in [5.74, 6) is 0. The first-order valence-electron chi connectivity index (χ1n) is 4.40. The van der Waals surface area contributed by atoms with E-state index in [1.807, 2.05) is 18.2 Å². The second-order valence-electron chi connectivity index (χ2n) is 3.19. The zero-order valence-corrected chi connectivity index (χ0v) is 7.38. The number of hydrogen-bond donors (Lipinski definition) is 0. The first-order valence-corrected chi connectivity index (χ1v) is 4.40. The monoisotopic (exact) mass is 181 g/mol. The number of hydrogen-bond acceptors (Lipinski definition) is 3. The summed E-state index contributed by atoms with van der Waals surface area (Å²) in [6.07, 6.45) is 1.73. The van der Waals surface area contributed by atoms with E-state index in [1.165, 1.54) is 10.8 Å². The zero-order valence-electron chi connectivity index (χ0n) is 7.38. The van der Waals surface area contributed by atoms with Crippen LogP contribution in [0.2, 0.25) is 0 Å². The van der Waals surface area contributed by atoms with E-state index in [-0.39, 0.29) is 0 Å². The van der Waals surface area contributed by atoms with Gasteiger partial charge in [0.05, 0.1) is 11.7 Å². The Labute approximate surface area is 80.4 Å². The fraction of sp³-hybridized carbons (Fsp3) is 0. The van der Waals surface area contributed by atoms with Crippen molar-refractivity contribution in [3.05, 3.63) is 42.6 Å². The van der Waals surface area contributed by atoms with Crippen molar-refractivity contribution in [3.8, 4) is 0 Å². The third-order valence-corrected chi connectivity index (χ3v) is 2.30. The van der Waals surface area contributed by atoms with Crippen LogP contribution in [0.15, 0.2) is 42.6 Å². The van der Waals surface area contributed by atoms with Crippen molar-refractivity contribution in [2.75, 3.05) is 0 Å². The van der Waals surface area contributed by atoms with E-state index < -0.39 is 0 Å². The van der Waals surface area contributed by atoms with E-state index in [0.717, 1.165) is 10.9 Å². The summed E-state index contributed by atoms with van der Waals surface area (Å²) in [5.41, 5.74) is 0.888. The van der Waals surface area contributed by atoms with E-state index in [9.17, 15) is 0 Å². The quantitative estimate of drug-likeness (QED) is 0.499. The summed E-state index contributed by atoms with van der Waals surface area (Å²) in [6, 6.07) is 12.3. The minimum absolute atomic E-state index is 0.888. The fourth-order valence-corrected chi connectivity index (χ4v) is 1.60. The molecule has 0 atom stereocenters. The van der Waals surface area contributed by atoms with Crippen molar-refractivity contribution in [2.45, 2.75) is 0 Å². The molecule has 0 saturated heterocycles. The standard InChI is InChI=1S/C11H7N3/c1-2-4-9-6-11-10(5-8(9)3-1)7-12-14-13-11/h1-7H. The Balaban J connectivity index is 2.52. The van der Waals surface area contributed by atoms with Crippen molar-refractivity contribution in [1.29, 1.82) is 0 Å². The van der Waals surface area contributed by atoms with E-state index in [4.69, 9.17) is 0 Å². The Morgan fingerprint density at radius 2 is 1.64 bits per heavy atom. The second-order valence-corrected chi connectivity index (χ2v) is 3.19. The molecule has 0 N–H and O–H groups in total. The largest absolute Gasteiger partial charge is 0.138 e. The molecule has 0 unspecified atom stereocenters. The van der Waals surface area contributed by atoms with Gasteiger partial charge < -0.3 is 0 Å². The molecule has 2 aromatic carbocycles. The molecule has 0 spiro atoms. The molecule has 0 saturated carbocycles. The van der Waals surface area contributed by atoms with Gasteiger partial charge in [0, 0.05) is 5.39 Å². The van der Waals surface area contributed by atoms with Crippen LogP contribution in [-0.2, 0) is 0 Å². The molecule has 0 aliphatic rings. The molecule has 0 aliphatic heterocycles. The summed E-state index contributed by atoms with van der Waals surface area (Å²) in [6.45, 7) is 0. The molecule has 0 bridgehead atoms. The lowest BCUT2D eigenvalue weighted by Crippen LogP contribution is -1.86. The van der Waals surface area contributed by atoms with Gasteiger partial charge in [-0.1, -0.05) is 24.3 Å². The highest BCUT2D eigenvalue weighted by Crippen LogP contribution is 2.19. The van der Waals surface area contributed by atoms with Gasteiger partial charge in [0.15, 0.2) is 0 Å². The first-order chi connectivity index (χ1) is 6.93. The molecule has 0 amide bonds. The third-order valence-electron chi connectivity index (χ3n) is 2.30. The summed E-state index contributed by atoms with van der Waals surface area (Å²) in [4.78, 5) is 0. The lowest BCUT2D eigenvalue weighted by atomic mass is 10.1. The Bertz CT molecular complexity index is 499. The molecule has 3 rings (SSSR count). The highest BCUT2D eigenvalue weighted by Gasteiger charge is 1.97. The van der Waals surface area contributed by atoms with Gasteiger partial charge in [-0.05, 0) is 28.1 Å². The number of benzene rings is 2. The molecule has 3 aromatic rings. The van der Waals surface area contributed by atoms with Gasteiger partial charge in [0.2, 0.25) is 0 Å². The van der Waals surface area contributed by atoms with E-state index in [1.54, 1.807) is 6.20 Å². The lowest BCUT2D eigenvalue weighted by molar-refractivity contribution is 0.896. The molecule has 14 heavy (non-hydrogen) atoms. The topological polar surface area (TPSA) is 38.7 Å². The Morgan fingerprint density at radius 3 is 2.50 bits per heavy atom. The van der Waals surface area contributed by atoms with Crippen LogP contribution in [0.3, 0.4) is 0 Å². The van der Waals surface area contributed by atoms with Crippen molar-refractivity contribution in [1.82, 2.24) is 15.4 Å². The average molecular weight is 181 g/mol. The predicted octanol–water partition coefficient (Wildman–Crippen LogP) is 2.18. The van der Waals surface area contributed by atoms with Crippen LogP contribution < -0.4 is 0 Å². The minimum atomic E-state index is 0.888. The summed E-state index contributed by atoms with van der Waals surface area (Å²) < 4.78 is 0. The fourth-order valence-electron chi connectivity index (χ4n) is 1.60.